The Hall–Kier alpha value is -1.35. The molecule has 0 fully saturated rings. The molecule has 0 amide bonds. The van der Waals surface area contributed by atoms with Crippen LogP contribution in [-0.4, -0.2) is 12.6 Å². The molecule has 0 atom stereocenters. The van der Waals surface area contributed by atoms with Gasteiger partial charge in [-0.15, -0.1) is 0 Å². The Labute approximate surface area is 122 Å². The van der Waals surface area contributed by atoms with E-state index in [0.29, 0.717) is 12.2 Å². The number of carbonyl (C=O) groups excluding carboxylic acids is 1. The Balaban J connectivity index is 1.91. The van der Waals surface area contributed by atoms with E-state index in [-0.39, 0.29) is 0 Å². The second-order valence-corrected chi connectivity index (χ2v) is 5.03. The Morgan fingerprint density at radius 1 is 0.900 bits per heavy atom. The Kier molecular flexibility index (Phi) is 9.58. The van der Waals surface area contributed by atoms with Crippen molar-refractivity contribution in [3.63, 3.8) is 0 Å². The zero-order valence-electron chi connectivity index (χ0n) is 12.5. The van der Waals surface area contributed by atoms with Crippen LogP contribution in [0.25, 0.3) is 0 Å². The van der Waals surface area contributed by atoms with E-state index in [0.717, 1.165) is 12.8 Å². The largest absolute Gasteiger partial charge is 0.373 e. The lowest BCUT2D eigenvalue weighted by Crippen LogP contribution is -2.06. The van der Waals surface area contributed by atoms with Crippen LogP contribution in [0.4, 0.5) is 0 Å². The molecule has 0 unspecified atom stereocenters. The van der Waals surface area contributed by atoms with Crippen molar-refractivity contribution in [3.8, 4) is 0 Å². The third-order valence-corrected chi connectivity index (χ3v) is 3.23. The Morgan fingerprint density at radius 2 is 1.50 bits per heavy atom. The summed E-state index contributed by atoms with van der Waals surface area (Å²) in [5, 5.41) is 0. The molecule has 20 heavy (non-hydrogen) atoms. The summed E-state index contributed by atoms with van der Waals surface area (Å²) >= 11 is 0. The zero-order chi connectivity index (χ0) is 14.5. The lowest BCUT2D eigenvalue weighted by atomic mass is 10.1. The van der Waals surface area contributed by atoms with E-state index in [1.165, 1.54) is 38.5 Å². The molecule has 0 aromatic heterocycles. The van der Waals surface area contributed by atoms with Crippen molar-refractivity contribution in [2.75, 3.05) is 6.61 Å². The number of benzene rings is 1. The quantitative estimate of drug-likeness (QED) is 0.327. The smallest absolute Gasteiger partial charge is 0.293 e. The molecule has 0 radical (unpaired) electrons. The van der Waals surface area contributed by atoms with Crippen LogP contribution in [-0.2, 0) is 9.78 Å². The molecule has 0 heterocycles. The van der Waals surface area contributed by atoms with Crippen LogP contribution in [0.1, 0.15) is 68.6 Å². The summed E-state index contributed by atoms with van der Waals surface area (Å²) in [4.78, 5) is 21.2. The van der Waals surface area contributed by atoms with E-state index in [1.807, 2.05) is 6.07 Å². The zero-order valence-corrected chi connectivity index (χ0v) is 12.5. The van der Waals surface area contributed by atoms with E-state index in [9.17, 15) is 4.79 Å². The molecular formula is C17H26O3. The summed E-state index contributed by atoms with van der Waals surface area (Å²) in [6, 6.07) is 8.88. The van der Waals surface area contributed by atoms with Gasteiger partial charge in [0.2, 0.25) is 0 Å². The summed E-state index contributed by atoms with van der Waals surface area (Å²) in [6.07, 6.45) is 9.92. The van der Waals surface area contributed by atoms with Gasteiger partial charge in [0.1, 0.15) is 0 Å². The fraction of sp³-hybridized carbons (Fsp3) is 0.588. The van der Waals surface area contributed by atoms with Crippen molar-refractivity contribution >= 4 is 5.97 Å². The van der Waals surface area contributed by atoms with Crippen molar-refractivity contribution in [1.29, 1.82) is 0 Å². The first kappa shape index (κ1) is 16.7. The first-order chi connectivity index (χ1) is 9.84. The van der Waals surface area contributed by atoms with Crippen molar-refractivity contribution < 1.29 is 14.6 Å². The number of hydrogen-bond acceptors (Lipinski definition) is 3. The number of hydrogen-bond donors (Lipinski definition) is 0. The van der Waals surface area contributed by atoms with Gasteiger partial charge in [0.15, 0.2) is 0 Å². The van der Waals surface area contributed by atoms with Gasteiger partial charge >= 0.3 is 5.97 Å². The molecule has 112 valence electrons. The Bertz CT molecular complexity index is 349. The minimum Gasteiger partial charge on any atom is -0.293 e. The first-order valence-corrected chi connectivity index (χ1v) is 7.73. The van der Waals surface area contributed by atoms with Crippen LogP contribution in [0.5, 0.6) is 0 Å². The van der Waals surface area contributed by atoms with Crippen LogP contribution < -0.4 is 0 Å². The van der Waals surface area contributed by atoms with Crippen LogP contribution in [0.15, 0.2) is 30.3 Å². The van der Waals surface area contributed by atoms with Gasteiger partial charge in [-0.1, -0.05) is 70.1 Å². The van der Waals surface area contributed by atoms with Gasteiger partial charge < -0.3 is 0 Å². The molecule has 0 aliphatic carbocycles. The average molecular weight is 278 g/mol. The molecule has 1 aromatic carbocycles. The van der Waals surface area contributed by atoms with E-state index >= 15 is 0 Å². The minimum absolute atomic E-state index is 0.426. The van der Waals surface area contributed by atoms with Gasteiger partial charge in [-0.05, 0) is 18.6 Å². The van der Waals surface area contributed by atoms with Crippen LogP contribution >= 0.6 is 0 Å². The topological polar surface area (TPSA) is 35.5 Å². The van der Waals surface area contributed by atoms with Crippen molar-refractivity contribution in [2.45, 2.75) is 58.3 Å². The summed E-state index contributed by atoms with van der Waals surface area (Å²) in [7, 11) is 0. The lowest BCUT2D eigenvalue weighted by molar-refractivity contribution is -0.241. The second kappa shape index (κ2) is 11.5. The summed E-state index contributed by atoms with van der Waals surface area (Å²) in [5.74, 6) is -0.426. The maximum absolute atomic E-state index is 11.5. The monoisotopic (exact) mass is 278 g/mol. The summed E-state index contributed by atoms with van der Waals surface area (Å²) in [5.41, 5.74) is 0.517. The number of unbranched alkanes of at least 4 members (excludes halogenated alkanes) is 7. The highest BCUT2D eigenvalue weighted by molar-refractivity contribution is 5.88. The molecule has 0 spiro atoms. The molecule has 0 saturated heterocycles. The average Bonchev–Trinajstić information content (AvgIpc) is 2.50. The molecule has 0 aliphatic heterocycles. The summed E-state index contributed by atoms with van der Waals surface area (Å²) in [6.45, 7) is 2.71. The molecule has 1 aromatic rings. The SMILES string of the molecule is CCCCCCCCCCOOC(=O)c1ccccc1. The summed E-state index contributed by atoms with van der Waals surface area (Å²) < 4.78 is 0. The predicted octanol–water partition coefficient (Wildman–Crippen LogP) is 4.92. The van der Waals surface area contributed by atoms with Crippen LogP contribution in [0, 0.1) is 0 Å². The normalized spacial score (nSPS) is 10.4. The van der Waals surface area contributed by atoms with E-state index in [2.05, 4.69) is 6.92 Å². The first-order valence-electron chi connectivity index (χ1n) is 7.73. The maximum atomic E-state index is 11.5. The lowest BCUT2D eigenvalue weighted by Gasteiger charge is -2.04. The molecule has 1 rings (SSSR count). The van der Waals surface area contributed by atoms with Gasteiger partial charge in [-0.25, -0.2) is 4.79 Å². The molecular weight excluding hydrogens is 252 g/mol. The third kappa shape index (κ3) is 7.95. The predicted molar refractivity (Wildman–Crippen MR) is 80.4 cm³/mol. The van der Waals surface area contributed by atoms with Gasteiger partial charge in [-0.3, -0.25) is 4.89 Å². The molecule has 0 N–H and O–H groups in total. The van der Waals surface area contributed by atoms with Gasteiger partial charge in [-0.2, -0.15) is 4.89 Å². The Morgan fingerprint density at radius 3 is 2.15 bits per heavy atom. The maximum Gasteiger partial charge on any atom is 0.373 e. The van der Waals surface area contributed by atoms with Crippen LogP contribution in [0.3, 0.4) is 0 Å². The number of rotatable bonds is 11. The highest BCUT2D eigenvalue weighted by Crippen LogP contribution is 2.08. The van der Waals surface area contributed by atoms with Gasteiger partial charge in [0, 0.05) is 0 Å². The molecule has 0 saturated carbocycles. The number of carbonyl (C=O) groups is 1. The molecule has 0 aliphatic rings. The van der Waals surface area contributed by atoms with Crippen molar-refractivity contribution in [1.82, 2.24) is 0 Å². The van der Waals surface area contributed by atoms with Crippen molar-refractivity contribution in [2.24, 2.45) is 0 Å². The van der Waals surface area contributed by atoms with Gasteiger partial charge in [0.25, 0.3) is 0 Å². The highest BCUT2D eigenvalue weighted by atomic mass is 17.2. The van der Waals surface area contributed by atoms with Crippen molar-refractivity contribution in [3.05, 3.63) is 35.9 Å². The van der Waals surface area contributed by atoms with Gasteiger partial charge in [0.05, 0.1) is 12.2 Å². The van der Waals surface area contributed by atoms with Crippen LogP contribution in [0.2, 0.25) is 0 Å². The minimum atomic E-state index is -0.426. The second-order valence-electron chi connectivity index (χ2n) is 5.03. The van der Waals surface area contributed by atoms with E-state index in [1.54, 1.807) is 24.3 Å². The molecule has 3 nitrogen and oxygen atoms in total. The molecule has 0 bridgehead atoms. The standard InChI is InChI=1S/C17H26O3/c1-2-3-4-5-6-7-8-12-15-19-20-17(18)16-13-10-9-11-14-16/h9-11,13-14H,2-8,12,15H2,1H3. The fourth-order valence-corrected chi connectivity index (χ4v) is 2.01. The molecule has 3 heteroatoms. The third-order valence-electron chi connectivity index (χ3n) is 3.23. The van der Waals surface area contributed by atoms with E-state index < -0.39 is 5.97 Å². The fourth-order valence-electron chi connectivity index (χ4n) is 2.01. The van der Waals surface area contributed by atoms with E-state index in [4.69, 9.17) is 9.78 Å². The highest BCUT2D eigenvalue weighted by Gasteiger charge is 2.06.